The molecule has 0 aliphatic rings. The minimum absolute atomic E-state index is 0.146. The lowest BCUT2D eigenvalue weighted by atomic mass is 10.0. The van der Waals surface area contributed by atoms with E-state index in [0.717, 1.165) is 44.7 Å². The van der Waals surface area contributed by atoms with Gasteiger partial charge in [0.15, 0.2) is 4.84 Å². The summed E-state index contributed by atoms with van der Waals surface area (Å²) in [5, 5.41) is 28.5. The number of nitro groups is 1. The van der Waals surface area contributed by atoms with E-state index in [9.17, 15) is 24.8 Å². The molecule has 0 aliphatic carbocycles. The van der Waals surface area contributed by atoms with Gasteiger partial charge in [-0.3, -0.25) is 19.7 Å². The number of ether oxygens (including phenoxy) is 1. The fraction of sp³-hybridized carbons (Fsp3) is 0.333. The number of nitro benzene ring substituents is 1. The molecule has 0 unspecified atom stereocenters. The first-order valence-electron chi connectivity index (χ1n) is 16.9. The van der Waals surface area contributed by atoms with E-state index in [1.54, 1.807) is 0 Å². The number of hydrogen-bond acceptors (Lipinski definition) is 6. The van der Waals surface area contributed by atoms with E-state index in [0.29, 0.717) is 12.0 Å². The molecule has 2 N–H and O–H groups in total. The summed E-state index contributed by atoms with van der Waals surface area (Å²) in [7, 11) is -1.81. The van der Waals surface area contributed by atoms with Crippen LogP contribution in [0.3, 0.4) is 0 Å². The predicted molar refractivity (Wildman–Crippen MR) is 203 cm³/mol. The Balaban J connectivity index is 1.22. The van der Waals surface area contributed by atoms with Crippen LogP contribution in [0, 0.1) is 10.1 Å². The van der Waals surface area contributed by atoms with Gasteiger partial charge in [-0.2, -0.15) is 0 Å². The minimum atomic E-state index is -1.81. The third-order valence-corrected chi connectivity index (χ3v) is 13.7. The Kier molecular flexibility index (Phi) is 15.7. The maximum atomic E-state index is 12.5. The smallest absolute Gasteiger partial charge is 0.305 e. The minimum Gasteiger partial charge on any atom is -0.463 e. The number of aliphatic hydroxyl groups is 1. The highest BCUT2D eigenvalue weighted by Crippen LogP contribution is 2.56. The van der Waals surface area contributed by atoms with Crippen LogP contribution in [0.5, 0.6) is 0 Å². The average molecular weight is 739 g/mol. The summed E-state index contributed by atoms with van der Waals surface area (Å²) >= 11 is 11.3. The lowest BCUT2D eigenvalue weighted by molar-refractivity contribution is -0.384. The first-order chi connectivity index (χ1) is 24.2. The van der Waals surface area contributed by atoms with Gasteiger partial charge in [0.2, 0.25) is 0 Å². The van der Waals surface area contributed by atoms with Gasteiger partial charge in [0.05, 0.1) is 17.1 Å². The molecule has 0 radical (unpaired) electrons. The van der Waals surface area contributed by atoms with Gasteiger partial charge < -0.3 is 15.2 Å². The van der Waals surface area contributed by atoms with Crippen molar-refractivity contribution in [2.75, 3.05) is 12.8 Å². The summed E-state index contributed by atoms with van der Waals surface area (Å²) in [5.74, 6) is -1.21. The number of non-ortho nitro benzene ring substituents is 1. The van der Waals surface area contributed by atoms with Crippen LogP contribution in [0.25, 0.3) is 0 Å². The molecule has 8 nitrogen and oxygen atoms in total. The lowest BCUT2D eigenvalue weighted by Crippen LogP contribution is -2.45. The Morgan fingerprint density at radius 2 is 1.18 bits per heavy atom. The number of halogens is 2. The second kappa shape index (κ2) is 20.1. The van der Waals surface area contributed by atoms with E-state index < -0.39 is 41.0 Å². The van der Waals surface area contributed by atoms with Gasteiger partial charge in [-0.25, -0.2) is 0 Å². The zero-order chi connectivity index (χ0) is 35.8. The largest absolute Gasteiger partial charge is 0.463 e. The quantitative estimate of drug-likeness (QED) is 0.0241. The number of unbranched alkanes of at least 4 members (excludes halogenated alkanes) is 6. The molecule has 50 heavy (non-hydrogen) atoms. The summed E-state index contributed by atoms with van der Waals surface area (Å²) in [6.45, 7) is -0.317. The fourth-order valence-corrected chi connectivity index (χ4v) is 10.7. The van der Waals surface area contributed by atoms with Crippen molar-refractivity contribution in [3.63, 3.8) is 0 Å². The van der Waals surface area contributed by atoms with Gasteiger partial charge >= 0.3 is 5.97 Å². The molecule has 0 spiro atoms. The molecule has 0 saturated heterocycles. The highest BCUT2D eigenvalue weighted by Gasteiger charge is 2.44. The topological polar surface area (TPSA) is 119 Å². The predicted octanol–water partition coefficient (Wildman–Crippen LogP) is 7.57. The van der Waals surface area contributed by atoms with Crippen LogP contribution in [0.15, 0.2) is 115 Å². The third-order valence-electron chi connectivity index (χ3n) is 8.74. The Labute approximate surface area is 304 Å². The van der Waals surface area contributed by atoms with E-state index in [1.165, 1.54) is 40.2 Å². The number of benzene rings is 4. The molecule has 4 rings (SSSR count). The Hall–Kier alpha value is -3.81. The number of nitrogens with one attached hydrogen (secondary N) is 1. The number of carbonyl (C=O) groups is 2. The normalized spacial score (nSPS) is 12.6. The first kappa shape index (κ1) is 39.0. The number of alkyl halides is 2. The summed E-state index contributed by atoms with van der Waals surface area (Å²) in [4.78, 5) is 33.7. The summed E-state index contributed by atoms with van der Waals surface area (Å²) in [5.41, 5.74) is 0.150. The number of aliphatic hydroxyl groups excluding tert-OH is 1. The van der Waals surface area contributed by atoms with E-state index in [-0.39, 0.29) is 18.7 Å². The van der Waals surface area contributed by atoms with Crippen molar-refractivity contribution in [3.8, 4) is 0 Å². The van der Waals surface area contributed by atoms with Crippen LogP contribution in [0.2, 0.25) is 0 Å². The Morgan fingerprint density at radius 1 is 0.720 bits per heavy atom. The molecule has 11 heteroatoms. The number of hydrogen-bond donors (Lipinski definition) is 2. The van der Waals surface area contributed by atoms with Gasteiger partial charge in [0, 0.05) is 18.6 Å². The van der Waals surface area contributed by atoms with Crippen molar-refractivity contribution < 1.29 is 24.4 Å². The van der Waals surface area contributed by atoms with Crippen LogP contribution in [-0.2, 0) is 14.3 Å². The number of carbonyl (C=O) groups excluding carboxylic acids is 2. The van der Waals surface area contributed by atoms with Gasteiger partial charge in [-0.1, -0.05) is 103 Å². The van der Waals surface area contributed by atoms with Crippen LogP contribution < -0.4 is 21.2 Å². The van der Waals surface area contributed by atoms with Crippen molar-refractivity contribution in [1.82, 2.24) is 5.32 Å². The number of amides is 1. The second-order valence-corrected chi connectivity index (χ2v) is 16.9. The van der Waals surface area contributed by atoms with E-state index in [4.69, 9.17) is 27.9 Å². The molecule has 1 amide bonds. The Bertz CT molecular complexity index is 1530. The SMILES string of the molecule is O=C(CCCCCCCCC[P+](c1ccccc1)(c1ccccc1)c1ccccc1)OC[C@H](NC(=O)C(Cl)Cl)[C@H](O)c1ccc([N+](=O)[O-])cc1. The first-order valence-corrected chi connectivity index (χ1v) is 19.8. The average Bonchev–Trinajstić information content (AvgIpc) is 3.15. The zero-order valence-corrected chi connectivity index (χ0v) is 30.3. The molecule has 0 aliphatic heterocycles. The van der Waals surface area contributed by atoms with Crippen molar-refractivity contribution in [3.05, 3.63) is 131 Å². The van der Waals surface area contributed by atoms with Crippen LogP contribution in [-0.4, -0.2) is 45.6 Å². The second-order valence-electron chi connectivity index (χ2n) is 12.2. The van der Waals surface area contributed by atoms with Crippen molar-refractivity contribution in [1.29, 1.82) is 0 Å². The van der Waals surface area contributed by atoms with Crippen LogP contribution in [0.1, 0.15) is 63.0 Å². The Morgan fingerprint density at radius 3 is 1.64 bits per heavy atom. The van der Waals surface area contributed by atoms with Gasteiger partial charge in [0.1, 0.15) is 35.9 Å². The molecule has 0 saturated carbocycles. The van der Waals surface area contributed by atoms with Crippen molar-refractivity contribution in [2.45, 2.75) is 68.3 Å². The van der Waals surface area contributed by atoms with Crippen molar-refractivity contribution >= 4 is 63.9 Å². The molecule has 4 aromatic rings. The molecule has 0 heterocycles. The molecule has 0 bridgehead atoms. The van der Waals surface area contributed by atoms with Crippen LogP contribution >= 0.6 is 30.5 Å². The van der Waals surface area contributed by atoms with Crippen LogP contribution in [0.4, 0.5) is 5.69 Å². The monoisotopic (exact) mass is 737 g/mol. The van der Waals surface area contributed by atoms with Gasteiger partial charge in [-0.15, -0.1) is 0 Å². The fourth-order valence-electron chi connectivity index (χ4n) is 6.12. The molecule has 264 valence electrons. The molecular weight excluding hydrogens is 694 g/mol. The number of rotatable bonds is 20. The molecule has 0 fully saturated rings. The number of esters is 1. The molecule has 0 aromatic heterocycles. The summed E-state index contributed by atoms with van der Waals surface area (Å²) < 4.78 is 5.39. The van der Waals surface area contributed by atoms with E-state index in [1.807, 2.05) is 0 Å². The highest BCUT2D eigenvalue weighted by atomic mass is 35.5. The zero-order valence-electron chi connectivity index (χ0n) is 27.9. The maximum Gasteiger partial charge on any atom is 0.305 e. The standard InChI is InChI=1S/C39H43Cl2N2O6P/c40-38(41)39(46)42-35(37(45)30-24-26-31(27-25-30)43(47)48)29-49-36(44)23-15-4-2-1-3-5-16-28-50(32-17-9-6-10-18-32,33-19-11-7-12-20-33)34-21-13-8-14-22-34/h6-14,17-22,24-27,35,37-38,45H,1-5,15-16,23,28-29H2/p+1/t35-,37+/m0/s1. The molecular formula is C39H44Cl2N2O6P+. The van der Waals surface area contributed by atoms with E-state index >= 15 is 0 Å². The van der Waals surface area contributed by atoms with Gasteiger partial charge in [-0.05, 0) is 73.4 Å². The number of nitrogens with zero attached hydrogens (tertiary/aromatic N) is 1. The summed E-state index contributed by atoms with van der Waals surface area (Å²) in [6, 6.07) is 37.0. The lowest BCUT2D eigenvalue weighted by Gasteiger charge is -2.27. The molecule has 2 atom stereocenters. The van der Waals surface area contributed by atoms with Gasteiger partial charge in [0.25, 0.3) is 11.6 Å². The van der Waals surface area contributed by atoms with Crippen molar-refractivity contribution in [2.24, 2.45) is 0 Å². The molecule has 4 aromatic carbocycles. The maximum absolute atomic E-state index is 12.5. The highest BCUT2D eigenvalue weighted by molar-refractivity contribution is 7.95. The van der Waals surface area contributed by atoms with E-state index in [2.05, 4.69) is 96.3 Å². The third kappa shape index (κ3) is 11.1. The summed E-state index contributed by atoms with van der Waals surface area (Å²) in [6.07, 6.45) is 7.00.